The summed E-state index contributed by atoms with van der Waals surface area (Å²) in [7, 11) is 0. The number of hydrogen-bond acceptors (Lipinski definition) is 2. The maximum atomic E-state index is 11.4. The van der Waals surface area contributed by atoms with Gasteiger partial charge in [-0.2, -0.15) is 0 Å². The van der Waals surface area contributed by atoms with Crippen LogP contribution in [-0.2, 0) is 6.54 Å². The first kappa shape index (κ1) is 12.4. The molecule has 0 saturated heterocycles. The van der Waals surface area contributed by atoms with Gasteiger partial charge in [-0.15, -0.1) is 0 Å². The van der Waals surface area contributed by atoms with Crippen LogP contribution in [0, 0.1) is 6.92 Å². The Morgan fingerprint density at radius 1 is 1.50 bits per heavy atom. The number of pyridine rings is 1. The Bertz CT molecular complexity index is 558. The summed E-state index contributed by atoms with van der Waals surface area (Å²) < 4.78 is 2.12. The lowest BCUT2D eigenvalue weighted by Gasteiger charge is -2.10. The van der Waals surface area contributed by atoms with E-state index in [-0.39, 0.29) is 5.91 Å². The summed E-state index contributed by atoms with van der Waals surface area (Å²) in [5.41, 5.74) is 8.91. The average molecular weight is 243 g/mol. The lowest BCUT2D eigenvalue weighted by Crippen LogP contribution is -2.12. The van der Waals surface area contributed by atoms with Gasteiger partial charge in [-0.1, -0.05) is 6.92 Å². The largest absolute Gasteiger partial charge is 0.366 e. The van der Waals surface area contributed by atoms with E-state index < -0.39 is 0 Å². The summed E-state index contributed by atoms with van der Waals surface area (Å²) in [6.45, 7) is 4.90. The molecule has 4 nitrogen and oxygen atoms in total. The number of nitrogens with zero attached hydrogens (tertiary/aromatic N) is 2. The number of carbonyl (C=O) groups excluding carboxylic acids is 1. The lowest BCUT2D eigenvalue weighted by atomic mass is 10.2. The Kier molecular flexibility index (Phi) is 3.46. The van der Waals surface area contributed by atoms with Gasteiger partial charge in [-0.3, -0.25) is 9.78 Å². The molecule has 0 saturated carbocycles. The Balaban J connectivity index is 2.59. The van der Waals surface area contributed by atoms with Crippen molar-refractivity contribution in [1.29, 1.82) is 0 Å². The fraction of sp³-hybridized carbons (Fsp3) is 0.286. The molecule has 0 radical (unpaired) electrons. The molecule has 0 spiro atoms. The molecule has 94 valence electrons. The molecule has 0 aliphatic carbocycles. The van der Waals surface area contributed by atoms with E-state index in [0.29, 0.717) is 5.56 Å². The van der Waals surface area contributed by atoms with Gasteiger partial charge in [-0.05, 0) is 31.5 Å². The molecule has 0 unspecified atom stereocenters. The third kappa shape index (κ3) is 2.14. The average Bonchev–Trinajstić information content (AvgIpc) is 2.69. The second-order valence-corrected chi connectivity index (χ2v) is 4.29. The maximum absolute atomic E-state index is 11.4. The second-order valence-electron chi connectivity index (χ2n) is 4.29. The van der Waals surface area contributed by atoms with Crippen molar-refractivity contribution < 1.29 is 4.79 Å². The van der Waals surface area contributed by atoms with Crippen LogP contribution < -0.4 is 5.73 Å². The highest BCUT2D eigenvalue weighted by Crippen LogP contribution is 2.25. The number of amides is 1. The Labute approximate surface area is 106 Å². The van der Waals surface area contributed by atoms with Gasteiger partial charge in [0.1, 0.15) is 0 Å². The predicted molar refractivity (Wildman–Crippen MR) is 71.2 cm³/mol. The standard InChI is InChI=1S/C14H17N3O/c1-3-7-17-10(2)12(14(15)18)8-13(17)11-5-4-6-16-9-11/h4-6,8-9H,3,7H2,1-2H3,(H2,15,18). The van der Waals surface area contributed by atoms with Crippen LogP contribution in [-0.4, -0.2) is 15.5 Å². The minimum absolute atomic E-state index is 0.382. The molecule has 0 atom stereocenters. The van der Waals surface area contributed by atoms with Gasteiger partial charge >= 0.3 is 0 Å². The second kappa shape index (κ2) is 5.04. The smallest absolute Gasteiger partial charge is 0.250 e. The summed E-state index contributed by atoms with van der Waals surface area (Å²) >= 11 is 0. The molecule has 2 aromatic rings. The number of carbonyl (C=O) groups is 1. The third-order valence-electron chi connectivity index (χ3n) is 3.04. The summed E-state index contributed by atoms with van der Waals surface area (Å²) in [6.07, 6.45) is 4.53. The van der Waals surface area contributed by atoms with Gasteiger partial charge in [0.05, 0.1) is 11.3 Å². The maximum Gasteiger partial charge on any atom is 0.250 e. The van der Waals surface area contributed by atoms with Crippen LogP contribution >= 0.6 is 0 Å². The Hall–Kier alpha value is -2.10. The van der Waals surface area contributed by atoms with E-state index in [0.717, 1.165) is 29.9 Å². The zero-order valence-electron chi connectivity index (χ0n) is 10.7. The molecule has 4 heteroatoms. The first-order chi connectivity index (χ1) is 8.65. The number of rotatable bonds is 4. The van der Waals surface area contributed by atoms with E-state index in [4.69, 9.17) is 5.73 Å². The number of hydrogen-bond donors (Lipinski definition) is 1. The van der Waals surface area contributed by atoms with Gasteiger partial charge in [-0.25, -0.2) is 0 Å². The van der Waals surface area contributed by atoms with E-state index in [9.17, 15) is 4.79 Å². The number of nitrogens with two attached hydrogens (primary N) is 1. The lowest BCUT2D eigenvalue weighted by molar-refractivity contribution is 0.0999. The van der Waals surface area contributed by atoms with E-state index in [1.165, 1.54) is 0 Å². The number of primary amides is 1. The summed E-state index contributed by atoms with van der Waals surface area (Å²) in [5, 5.41) is 0. The first-order valence-corrected chi connectivity index (χ1v) is 6.05. The van der Waals surface area contributed by atoms with Crippen molar-refractivity contribution in [2.24, 2.45) is 5.73 Å². The predicted octanol–water partition coefficient (Wildman–Crippen LogP) is 2.37. The van der Waals surface area contributed by atoms with Gasteiger partial charge in [0, 0.05) is 30.2 Å². The zero-order chi connectivity index (χ0) is 13.1. The molecule has 18 heavy (non-hydrogen) atoms. The monoisotopic (exact) mass is 243 g/mol. The minimum Gasteiger partial charge on any atom is -0.366 e. The molecular formula is C14H17N3O. The van der Waals surface area contributed by atoms with Crippen molar-refractivity contribution >= 4 is 5.91 Å². The normalized spacial score (nSPS) is 10.6. The van der Waals surface area contributed by atoms with Gasteiger partial charge in [0.25, 0.3) is 5.91 Å². The van der Waals surface area contributed by atoms with Gasteiger partial charge < -0.3 is 10.3 Å². The van der Waals surface area contributed by atoms with Crippen molar-refractivity contribution in [2.45, 2.75) is 26.8 Å². The van der Waals surface area contributed by atoms with E-state index in [1.54, 1.807) is 12.4 Å². The van der Waals surface area contributed by atoms with Crippen molar-refractivity contribution in [2.75, 3.05) is 0 Å². The number of aromatic nitrogens is 2. The molecular weight excluding hydrogens is 226 g/mol. The highest BCUT2D eigenvalue weighted by Gasteiger charge is 2.15. The van der Waals surface area contributed by atoms with Crippen LogP contribution in [0.5, 0.6) is 0 Å². The molecule has 2 heterocycles. The van der Waals surface area contributed by atoms with Crippen LogP contribution in [0.2, 0.25) is 0 Å². The SMILES string of the molecule is CCCn1c(-c2cccnc2)cc(C(N)=O)c1C. The molecule has 2 rings (SSSR count). The van der Waals surface area contributed by atoms with Crippen LogP contribution in [0.15, 0.2) is 30.6 Å². The third-order valence-corrected chi connectivity index (χ3v) is 3.04. The molecule has 0 aliphatic heterocycles. The van der Waals surface area contributed by atoms with Gasteiger partial charge in [0.2, 0.25) is 0 Å². The van der Waals surface area contributed by atoms with Gasteiger partial charge in [0.15, 0.2) is 0 Å². The molecule has 2 N–H and O–H groups in total. The molecule has 1 amide bonds. The van der Waals surface area contributed by atoms with E-state index in [2.05, 4.69) is 16.5 Å². The van der Waals surface area contributed by atoms with Crippen LogP contribution in [0.3, 0.4) is 0 Å². The van der Waals surface area contributed by atoms with Crippen molar-refractivity contribution in [1.82, 2.24) is 9.55 Å². The van der Waals surface area contributed by atoms with Crippen molar-refractivity contribution in [3.63, 3.8) is 0 Å². The summed E-state index contributed by atoms with van der Waals surface area (Å²) in [6, 6.07) is 5.72. The van der Waals surface area contributed by atoms with E-state index in [1.807, 2.05) is 25.1 Å². The van der Waals surface area contributed by atoms with Crippen LogP contribution in [0.1, 0.15) is 29.4 Å². The quantitative estimate of drug-likeness (QED) is 0.896. The zero-order valence-corrected chi connectivity index (χ0v) is 10.7. The molecule has 0 aliphatic rings. The van der Waals surface area contributed by atoms with Crippen molar-refractivity contribution in [3.05, 3.63) is 41.9 Å². The summed E-state index contributed by atoms with van der Waals surface area (Å²) in [4.78, 5) is 15.5. The Morgan fingerprint density at radius 3 is 2.83 bits per heavy atom. The van der Waals surface area contributed by atoms with Crippen molar-refractivity contribution in [3.8, 4) is 11.3 Å². The summed E-state index contributed by atoms with van der Waals surface area (Å²) in [5.74, 6) is -0.382. The fourth-order valence-corrected chi connectivity index (χ4v) is 2.16. The molecule has 0 fully saturated rings. The van der Waals surface area contributed by atoms with E-state index >= 15 is 0 Å². The van der Waals surface area contributed by atoms with Crippen LogP contribution in [0.4, 0.5) is 0 Å². The molecule has 0 bridgehead atoms. The molecule has 2 aromatic heterocycles. The highest BCUT2D eigenvalue weighted by atomic mass is 16.1. The van der Waals surface area contributed by atoms with Crippen LogP contribution in [0.25, 0.3) is 11.3 Å². The first-order valence-electron chi connectivity index (χ1n) is 6.05. The topological polar surface area (TPSA) is 60.9 Å². The highest BCUT2D eigenvalue weighted by molar-refractivity contribution is 5.95. The molecule has 0 aromatic carbocycles. The fourth-order valence-electron chi connectivity index (χ4n) is 2.16. The minimum atomic E-state index is -0.382. The Morgan fingerprint density at radius 2 is 2.28 bits per heavy atom.